The first-order valence-corrected chi connectivity index (χ1v) is 7.73. The van der Waals surface area contributed by atoms with E-state index < -0.39 is 0 Å². The van der Waals surface area contributed by atoms with Gasteiger partial charge in [0.1, 0.15) is 5.75 Å². The smallest absolute Gasteiger partial charge is 0.255 e. The first kappa shape index (κ1) is 15.8. The molecule has 0 spiro atoms. The Morgan fingerprint density at radius 2 is 2.00 bits per heavy atom. The molecular formula is C17H26N2O2. The summed E-state index contributed by atoms with van der Waals surface area (Å²) in [6.45, 7) is 9.22. The van der Waals surface area contributed by atoms with Gasteiger partial charge in [-0.3, -0.25) is 4.79 Å². The van der Waals surface area contributed by atoms with Crippen molar-refractivity contribution in [2.24, 2.45) is 0 Å². The highest BCUT2D eigenvalue weighted by atomic mass is 16.5. The van der Waals surface area contributed by atoms with Crippen molar-refractivity contribution in [2.75, 3.05) is 26.7 Å². The molecular weight excluding hydrogens is 264 g/mol. The minimum atomic E-state index is -0.0452. The van der Waals surface area contributed by atoms with Gasteiger partial charge in [0.05, 0.1) is 18.2 Å². The van der Waals surface area contributed by atoms with Gasteiger partial charge in [-0.2, -0.15) is 0 Å². The van der Waals surface area contributed by atoms with Crippen LogP contribution in [0.15, 0.2) is 18.2 Å². The van der Waals surface area contributed by atoms with Crippen LogP contribution in [-0.4, -0.2) is 43.1 Å². The summed E-state index contributed by atoms with van der Waals surface area (Å²) in [6.07, 6.45) is 2.12. The Bertz CT molecular complexity index is 506. The second-order valence-electron chi connectivity index (χ2n) is 5.85. The van der Waals surface area contributed by atoms with Crippen LogP contribution >= 0.6 is 0 Å². The fraction of sp³-hybridized carbons (Fsp3) is 0.588. The van der Waals surface area contributed by atoms with E-state index in [0.717, 1.165) is 38.0 Å². The van der Waals surface area contributed by atoms with Crippen molar-refractivity contribution in [2.45, 2.75) is 39.2 Å². The van der Waals surface area contributed by atoms with Gasteiger partial charge >= 0.3 is 0 Å². The average Bonchev–Trinajstić information content (AvgIpc) is 3.23. The second kappa shape index (κ2) is 6.48. The third-order valence-corrected chi connectivity index (χ3v) is 4.33. The zero-order valence-electron chi connectivity index (χ0n) is 13.5. The first-order valence-electron chi connectivity index (χ1n) is 7.73. The number of rotatable bonds is 7. The number of nitrogens with one attached hydrogen (secondary N) is 1. The Kier molecular flexibility index (Phi) is 4.88. The number of carbonyl (C=O) groups is 1. The predicted molar refractivity (Wildman–Crippen MR) is 85.0 cm³/mol. The molecule has 1 aliphatic rings. The zero-order chi connectivity index (χ0) is 15.5. The number of ether oxygens (including phenoxy) is 1. The minimum Gasteiger partial charge on any atom is -0.496 e. The van der Waals surface area contributed by atoms with Crippen LogP contribution in [0.5, 0.6) is 5.75 Å². The van der Waals surface area contributed by atoms with Crippen molar-refractivity contribution in [3.8, 4) is 5.75 Å². The van der Waals surface area contributed by atoms with Crippen LogP contribution in [0.2, 0.25) is 0 Å². The number of benzene rings is 1. The van der Waals surface area contributed by atoms with Crippen molar-refractivity contribution < 1.29 is 9.53 Å². The summed E-state index contributed by atoms with van der Waals surface area (Å²) in [4.78, 5) is 15.0. The molecule has 1 N–H and O–H groups in total. The maximum atomic E-state index is 12.6. The summed E-state index contributed by atoms with van der Waals surface area (Å²) in [7, 11) is 1.61. The Morgan fingerprint density at radius 1 is 1.33 bits per heavy atom. The van der Waals surface area contributed by atoms with E-state index in [2.05, 4.69) is 24.1 Å². The van der Waals surface area contributed by atoms with E-state index in [9.17, 15) is 4.79 Å². The van der Waals surface area contributed by atoms with Gasteiger partial charge in [-0.25, -0.2) is 0 Å². The van der Waals surface area contributed by atoms with Crippen molar-refractivity contribution >= 4 is 5.91 Å². The topological polar surface area (TPSA) is 41.6 Å². The maximum absolute atomic E-state index is 12.6. The number of hydrogen-bond donors (Lipinski definition) is 1. The van der Waals surface area contributed by atoms with Crippen molar-refractivity contribution in [1.29, 1.82) is 0 Å². The molecule has 2 rings (SSSR count). The summed E-state index contributed by atoms with van der Waals surface area (Å²) in [6, 6.07) is 5.70. The Hall–Kier alpha value is -1.55. The molecule has 4 heteroatoms. The van der Waals surface area contributed by atoms with Gasteiger partial charge in [-0.05, 0) is 44.5 Å². The van der Waals surface area contributed by atoms with Crippen molar-refractivity contribution in [3.63, 3.8) is 0 Å². The summed E-state index contributed by atoms with van der Waals surface area (Å²) in [5, 5.41) is 3.24. The van der Waals surface area contributed by atoms with E-state index in [1.807, 2.05) is 25.1 Å². The lowest BCUT2D eigenvalue weighted by Crippen LogP contribution is -2.46. The number of hydrogen-bond acceptors (Lipinski definition) is 3. The number of methoxy groups -OCH3 is 1. The third-order valence-electron chi connectivity index (χ3n) is 4.33. The quantitative estimate of drug-likeness (QED) is 0.839. The average molecular weight is 290 g/mol. The highest BCUT2D eigenvalue weighted by Crippen LogP contribution is 2.37. The monoisotopic (exact) mass is 290 g/mol. The summed E-state index contributed by atoms with van der Waals surface area (Å²) in [5.41, 5.74) is 1.56. The minimum absolute atomic E-state index is 0.0189. The fourth-order valence-corrected chi connectivity index (χ4v) is 2.75. The van der Waals surface area contributed by atoms with Crippen LogP contribution in [0.4, 0.5) is 0 Å². The van der Waals surface area contributed by atoms with E-state index in [1.165, 1.54) is 0 Å². The van der Waals surface area contributed by atoms with Gasteiger partial charge in [0, 0.05) is 6.54 Å². The van der Waals surface area contributed by atoms with Gasteiger partial charge in [-0.1, -0.05) is 26.0 Å². The van der Waals surface area contributed by atoms with Crippen LogP contribution in [0, 0.1) is 6.92 Å². The molecule has 0 radical (unpaired) electrons. The molecule has 116 valence electrons. The number of aryl methyl sites for hydroxylation is 1. The Labute approximate surface area is 127 Å². The highest BCUT2D eigenvalue weighted by Gasteiger charge is 2.45. The maximum Gasteiger partial charge on any atom is 0.255 e. The lowest BCUT2D eigenvalue weighted by molar-refractivity contribution is 0.0914. The van der Waals surface area contributed by atoms with E-state index in [4.69, 9.17) is 4.74 Å². The van der Waals surface area contributed by atoms with E-state index in [1.54, 1.807) is 7.11 Å². The third kappa shape index (κ3) is 3.56. The SMILES string of the molecule is CCN(CC)CC1(NC(=O)c2c(C)cccc2OC)CC1. The Balaban J connectivity index is 2.12. The number of likely N-dealkylation sites (N-methyl/N-ethyl adjacent to an activating group) is 1. The van der Waals surface area contributed by atoms with Gasteiger partial charge in [0.15, 0.2) is 0 Å². The molecule has 1 saturated carbocycles. The van der Waals surface area contributed by atoms with Crippen molar-refractivity contribution in [1.82, 2.24) is 10.2 Å². The van der Waals surface area contributed by atoms with Crippen molar-refractivity contribution in [3.05, 3.63) is 29.3 Å². The van der Waals surface area contributed by atoms with Gasteiger partial charge in [-0.15, -0.1) is 0 Å². The number of nitrogens with zero attached hydrogens (tertiary/aromatic N) is 1. The van der Waals surface area contributed by atoms with Crippen LogP contribution in [0.25, 0.3) is 0 Å². The van der Waals surface area contributed by atoms with E-state index >= 15 is 0 Å². The van der Waals surface area contributed by atoms with E-state index in [0.29, 0.717) is 11.3 Å². The van der Waals surface area contributed by atoms with Crippen LogP contribution < -0.4 is 10.1 Å². The van der Waals surface area contributed by atoms with Crippen LogP contribution in [0.1, 0.15) is 42.6 Å². The number of carbonyl (C=O) groups excluding carboxylic acids is 1. The summed E-state index contributed by atoms with van der Waals surface area (Å²) in [5.74, 6) is 0.626. The standard InChI is InChI=1S/C17H26N2O2/c1-5-19(6-2)12-17(10-11-17)18-16(20)15-13(3)8-7-9-14(15)21-4/h7-9H,5-6,10-12H2,1-4H3,(H,18,20). The normalized spacial score (nSPS) is 15.9. The summed E-state index contributed by atoms with van der Waals surface area (Å²) < 4.78 is 5.33. The van der Waals surface area contributed by atoms with Gasteiger partial charge in [0.2, 0.25) is 0 Å². The zero-order valence-corrected chi connectivity index (χ0v) is 13.5. The molecule has 0 saturated heterocycles. The Morgan fingerprint density at radius 3 is 2.52 bits per heavy atom. The predicted octanol–water partition coefficient (Wildman–Crippen LogP) is 2.61. The lowest BCUT2D eigenvalue weighted by Gasteiger charge is -2.26. The molecule has 1 amide bonds. The molecule has 4 nitrogen and oxygen atoms in total. The molecule has 0 heterocycles. The molecule has 0 aromatic heterocycles. The van der Waals surface area contributed by atoms with Gasteiger partial charge < -0.3 is 15.0 Å². The van der Waals surface area contributed by atoms with E-state index in [-0.39, 0.29) is 11.4 Å². The van der Waals surface area contributed by atoms with Crippen LogP contribution in [-0.2, 0) is 0 Å². The highest BCUT2D eigenvalue weighted by molar-refractivity contribution is 5.99. The molecule has 1 aromatic carbocycles. The molecule has 0 atom stereocenters. The molecule has 0 unspecified atom stereocenters. The second-order valence-corrected chi connectivity index (χ2v) is 5.85. The first-order chi connectivity index (χ1) is 10.0. The largest absolute Gasteiger partial charge is 0.496 e. The summed E-state index contributed by atoms with van der Waals surface area (Å²) >= 11 is 0. The number of amides is 1. The molecule has 1 fully saturated rings. The molecule has 1 aliphatic carbocycles. The molecule has 21 heavy (non-hydrogen) atoms. The van der Waals surface area contributed by atoms with Gasteiger partial charge in [0.25, 0.3) is 5.91 Å². The lowest BCUT2D eigenvalue weighted by atomic mass is 10.1. The fourth-order valence-electron chi connectivity index (χ4n) is 2.75. The molecule has 0 bridgehead atoms. The van der Waals surface area contributed by atoms with Crippen LogP contribution in [0.3, 0.4) is 0 Å². The molecule has 0 aliphatic heterocycles. The molecule has 1 aromatic rings.